The Bertz CT molecular complexity index is 552. The topological polar surface area (TPSA) is 67.9 Å². The number of ether oxygens (including phenoxy) is 2. The number of rotatable bonds is 5. The molecule has 0 spiro atoms. The van der Waals surface area contributed by atoms with Crippen LogP contribution in [-0.2, 0) is 9.59 Å². The molecule has 23 heavy (non-hydrogen) atoms. The van der Waals surface area contributed by atoms with Crippen LogP contribution in [0.5, 0.6) is 11.5 Å². The number of benzene rings is 1. The van der Waals surface area contributed by atoms with Gasteiger partial charge in [0.25, 0.3) is 0 Å². The number of hydrogen-bond donors (Lipinski definition) is 1. The number of anilines is 1. The molecule has 0 saturated carbocycles. The number of nitrogens with zero attached hydrogens (tertiary/aromatic N) is 1. The Kier molecular flexibility index (Phi) is 6.26. The molecule has 1 heterocycles. The molecular formula is C17H24N2O4. The molecule has 1 aliphatic rings. The molecule has 0 aliphatic carbocycles. The first kappa shape index (κ1) is 17.1. The Morgan fingerprint density at radius 1 is 1.09 bits per heavy atom. The maximum atomic E-state index is 12.2. The Balaban J connectivity index is 1.94. The van der Waals surface area contributed by atoms with Crippen LogP contribution < -0.4 is 14.8 Å². The molecule has 6 nitrogen and oxygen atoms in total. The highest BCUT2D eigenvalue weighted by atomic mass is 16.5. The lowest BCUT2D eigenvalue weighted by Crippen LogP contribution is -2.34. The van der Waals surface area contributed by atoms with Gasteiger partial charge in [-0.3, -0.25) is 9.59 Å². The first-order valence-electron chi connectivity index (χ1n) is 7.93. The van der Waals surface area contributed by atoms with Crippen molar-refractivity contribution in [3.05, 3.63) is 18.2 Å². The third-order valence-electron chi connectivity index (χ3n) is 3.95. The minimum absolute atomic E-state index is 0.114. The van der Waals surface area contributed by atoms with Crippen molar-refractivity contribution < 1.29 is 19.1 Å². The van der Waals surface area contributed by atoms with Crippen molar-refractivity contribution in [3.8, 4) is 11.5 Å². The third-order valence-corrected chi connectivity index (χ3v) is 3.95. The third kappa shape index (κ3) is 4.87. The van der Waals surface area contributed by atoms with Crippen LogP contribution in [0.4, 0.5) is 5.69 Å². The maximum Gasteiger partial charge on any atom is 0.233 e. The van der Waals surface area contributed by atoms with E-state index in [4.69, 9.17) is 9.47 Å². The van der Waals surface area contributed by atoms with Gasteiger partial charge in [-0.1, -0.05) is 12.8 Å². The van der Waals surface area contributed by atoms with E-state index in [0.29, 0.717) is 17.2 Å². The molecule has 0 unspecified atom stereocenters. The summed E-state index contributed by atoms with van der Waals surface area (Å²) in [6, 6.07) is 5.12. The second-order valence-electron chi connectivity index (χ2n) is 5.59. The van der Waals surface area contributed by atoms with Gasteiger partial charge in [-0.05, 0) is 25.0 Å². The summed E-state index contributed by atoms with van der Waals surface area (Å²) in [4.78, 5) is 26.1. The molecule has 1 aliphatic heterocycles. The Hall–Kier alpha value is -2.24. The van der Waals surface area contributed by atoms with E-state index < -0.39 is 0 Å². The van der Waals surface area contributed by atoms with E-state index in [2.05, 4.69) is 5.32 Å². The van der Waals surface area contributed by atoms with Crippen molar-refractivity contribution in [1.29, 1.82) is 0 Å². The summed E-state index contributed by atoms with van der Waals surface area (Å²) in [6.07, 6.45) is 4.19. The lowest BCUT2D eigenvalue weighted by Gasteiger charge is -2.20. The predicted octanol–water partition coefficient (Wildman–Crippen LogP) is 2.44. The van der Waals surface area contributed by atoms with Gasteiger partial charge in [0.05, 0.1) is 19.9 Å². The van der Waals surface area contributed by atoms with Crippen LogP contribution in [0.25, 0.3) is 0 Å². The van der Waals surface area contributed by atoms with Gasteiger partial charge in [-0.25, -0.2) is 0 Å². The van der Waals surface area contributed by atoms with E-state index >= 15 is 0 Å². The molecule has 1 N–H and O–H groups in total. The number of likely N-dealkylation sites (tertiary alicyclic amines) is 1. The van der Waals surface area contributed by atoms with Gasteiger partial charge >= 0.3 is 0 Å². The van der Waals surface area contributed by atoms with Gasteiger partial charge < -0.3 is 19.7 Å². The Labute approximate surface area is 136 Å². The van der Waals surface area contributed by atoms with Crippen molar-refractivity contribution in [3.63, 3.8) is 0 Å². The molecular weight excluding hydrogens is 296 g/mol. The van der Waals surface area contributed by atoms with Crippen LogP contribution in [-0.4, -0.2) is 44.0 Å². The van der Waals surface area contributed by atoms with E-state index in [1.807, 2.05) is 0 Å². The fourth-order valence-corrected chi connectivity index (χ4v) is 2.67. The van der Waals surface area contributed by atoms with Crippen LogP contribution in [0.2, 0.25) is 0 Å². The first-order valence-corrected chi connectivity index (χ1v) is 7.93. The molecule has 2 amide bonds. The zero-order chi connectivity index (χ0) is 16.7. The summed E-state index contributed by atoms with van der Waals surface area (Å²) in [5, 5.41) is 2.73. The minimum Gasteiger partial charge on any atom is -0.497 e. The zero-order valence-electron chi connectivity index (χ0n) is 13.8. The lowest BCUT2D eigenvalue weighted by molar-refractivity contribution is -0.134. The monoisotopic (exact) mass is 320 g/mol. The highest BCUT2D eigenvalue weighted by Gasteiger charge is 2.19. The van der Waals surface area contributed by atoms with E-state index in [1.165, 1.54) is 7.11 Å². The fourth-order valence-electron chi connectivity index (χ4n) is 2.67. The summed E-state index contributed by atoms with van der Waals surface area (Å²) >= 11 is 0. The molecule has 1 fully saturated rings. The predicted molar refractivity (Wildman–Crippen MR) is 87.8 cm³/mol. The summed E-state index contributed by atoms with van der Waals surface area (Å²) in [5.41, 5.74) is 0.530. The van der Waals surface area contributed by atoms with Crippen molar-refractivity contribution in [2.75, 3.05) is 32.6 Å². The van der Waals surface area contributed by atoms with E-state index in [0.717, 1.165) is 38.8 Å². The number of carbonyl (C=O) groups is 2. The molecule has 1 saturated heterocycles. The van der Waals surface area contributed by atoms with E-state index in [-0.39, 0.29) is 18.2 Å². The van der Waals surface area contributed by atoms with E-state index in [9.17, 15) is 9.59 Å². The Morgan fingerprint density at radius 3 is 2.39 bits per heavy atom. The lowest BCUT2D eigenvalue weighted by atomic mass is 10.2. The van der Waals surface area contributed by atoms with Gasteiger partial charge in [0.2, 0.25) is 11.8 Å². The molecule has 1 aromatic rings. The molecule has 2 rings (SSSR count). The highest BCUT2D eigenvalue weighted by Crippen LogP contribution is 2.29. The van der Waals surface area contributed by atoms with Crippen molar-refractivity contribution in [1.82, 2.24) is 4.90 Å². The van der Waals surface area contributed by atoms with Crippen LogP contribution in [0, 0.1) is 0 Å². The molecule has 1 aromatic carbocycles. The second-order valence-corrected chi connectivity index (χ2v) is 5.59. The van der Waals surface area contributed by atoms with Crippen molar-refractivity contribution >= 4 is 17.5 Å². The average molecular weight is 320 g/mol. The SMILES string of the molecule is COc1ccc(NC(=O)CC(=O)N2CCCCCC2)c(OC)c1. The maximum absolute atomic E-state index is 12.2. The van der Waals surface area contributed by atoms with Gasteiger partial charge in [0.15, 0.2) is 0 Å². The summed E-state index contributed by atoms with van der Waals surface area (Å²) in [5.74, 6) is 0.694. The molecule has 0 aromatic heterocycles. The average Bonchev–Trinajstić information content (AvgIpc) is 2.84. The summed E-state index contributed by atoms with van der Waals surface area (Å²) in [6.45, 7) is 1.50. The second kappa shape index (κ2) is 8.41. The van der Waals surface area contributed by atoms with Gasteiger partial charge in [-0.15, -0.1) is 0 Å². The summed E-state index contributed by atoms with van der Waals surface area (Å²) in [7, 11) is 3.08. The highest BCUT2D eigenvalue weighted by molar-refractivity contribution is 6.04. The first-order chi connectivity index (χ1) is 11.1. The number of amides is 2. The van der Waals surface area contributed by atoms with Crippen LogP contribution in [0.15, 0.2) is 18.2 Å². The smallest absolute Gasteiger partial charge is 0.233 e. The minimum atomic E-state index is -0.331. The largest absolute Gasteiger partial charge is 0.497 e. The molecule has 0 bridgehead atoms. The quantitative estimate of drug-likeness (QED) is 0.846. The van der Waals surface area contributed by atoms with Crippen LogP contribution in [0.1, 0.15) is 32.1 Å². The van der Waals surface area contributed by atoms with Crippen molar-refractivity contribution in [2.24, 2.45) is 0 Å². The zero-order valence-corrected chi connectivity index (χ0v) is 13.8. The summed E-state index contributed by atoms with van der Waals surface area (Å²) < 4.78 is 10.4. The number of hydrogen-bond acceptors (Lipinski definition) is 4. The standard InChI is InChI=1S/C17H24N2O4/c1-22-13-7-8-14(15(11-13)23-2)18-16(20)12-17(21)19-9-5-3-4-6-10-19/h7-8,11H,3-6,9-10,12H2,1-2H3,(H,18,20). The fraction of sp³-hybridized carbons (Fsp3) is 0.529. The van der Waals surface area contributed by atoms with Gasteiger partial charge in [-0.2, -0.15) is 0 Å². The molecule has 6 heteroatoms. The number of methoxy groups -OCH3 is 2. The van der Waals surface area contributed by atoms with Crippen LogP contribution in [0.3, 0.4) is 0 Å². The molecule has 0 atom stereocenters. The van der Waals surface area contributed by atoms with Gasteiger partial charge in [0.1, 0.15) is 17.9 Å². The Morgan fingerprint density at radius 2 is 1.78 bits per heavy atom. The van der Waals surface area contributed by atoms with Gasteiger partial charge in [0, 0.05) is 19.2 Å². The normalized spacial score (nSPS) is 14.8. The molecule has 126 valence electrons. The van der Waals surface area contributed by atoms with Crippen molar-refractivity contribution in [2.45, 2.75) is 32.1 Å². The van der Waals surface area contributed by atoms with E-state index in [1.54, 1.807) is 30.2 Å². The number of nitrogens with one attached hydrogen (secondary N) is 1. The molecule has 0 radical (unpaired) electrons. The van der Waals surface area contributed by atoms with Crippen LogP contribution >= 0.6 is 0 Å². The number of carbonyl (C=O) groups excluding carboxylic acids is 2.